The molecule has 0 amide bonds. The fourth-order valence-electron chi connectivity index (χ4n) is 2.16. The van der Waals surface area contributed by atoms with Gasteiger partial charge in [-0.3, -0.25) is 4.79 Å². The Morgan fingerprint density at radius 3 is 2.90 bits per heavy atom. The molecule has 1 aliphatic heterocycles. The first-order valence-corrected chi connectivity index (χ1v) is 6.51. The number of hydrogen-bond donors (Lipinski definition) is 1. The van der Waals surface area contributed by atoms with Crippen molar-refractivity contribution in [2.75, 3.05) is 20.2 Å². The average Bonchev–Trinajstić information content (AvgIpc) is 2.85. The number of methoxy groups -OCH3 is 1. The summed E-state index contributed by atoms with van der Waals surface area (Å²) in [6.07, 6.45) is 1.70. The lowest BCUT2D eigenvalue weighted by atomic mass is 10.0. The third-order valence-corrected chi connectivity index (χ3v) is 3.48. The second kappa shape index (κ2) is 5.05. The minimum absolute atomic E-state index is 0.163. The number of aryl methyl sites for hydroxylation is 1. The third-order valence-electron chi connectivity index (χ3n) is 3.48. The molecule has 6 nitrogen and oxygen atoms in total. The summed E-state index contributed by atoms with van der Waals surface area (Å²) in [7, 11) is 1.55. The van der Waals surface area contributed by atoms with Gasteiger partial charge >= 0.3 is 0 Å². The van der Waals surface area contributed by atoms with Gasteiger partial charge in [-0.2, -0.15) is 0 Å². The summed E-state index contributed by atoms with van der Waals surface area (Å²) in [5, 5.41) is 11.2. The van der Waals surface area contributed by atoms with Crippen molar-refractivity contribution in [1.82, 2.24) is 20.3 Å². The van der Waals surface area contributed by atoms with Gasteiger partial charge in [0.2, 0.25) is 5.78 Å². The van der Waals surface area contributed by atoms with E-state index in [-0.39, 0.29) is 5.78 Å². The number of ketones is 1. The highest BCUT2D eigenvalue weighted by Crippen LogP contribution is 2.22. The Morgan fingerprint density at radius 2 is 2.25 bits per heavy atom. The van der Waals surface area contributed by atoms with Gasteiger partial charge in [0.15, 0.2) is 5.69 Å². The lowest BCUT2D eigenvalue weighted by Crippen LogP contribution is -2.43. The van der Waals surface area contributed by atoms with E-state index in [1.807, 2.05) is 19.1 Å². The number of nitrogens with zero attached hydrogens (tertiary/aromatic N) is 3. The molecule has 104 valence electrons. The summed E-state index contributed by atoms with van der Waals surface area (Å²) in [6.45, 7) is 3.67. The molecule has 0 atom stereocenters. The largest absolute Gasteiger partial charge is 0.496 e. The maximum atomic E-state index is 12.5. The minimum atomic E-state index is -0.163. The van der Waals surface area contributed by atoms with Crippen LogP contribution in [0.5, 0.6) is 5.75 Å². The molecule has 0 bridgehead atoms. The summed E-state index contributed by atoms with van der Waals surface area (Å²) in [4.78, 5) is 12.5. The quantitative estimate of drug-likeness (QED) is 0.840. The lowest BCUT2D eigenvalue weighted by Gasteiger charge is -2.26. The number of aromatic nitrogens is 3. The molecule has 0 aliphatic carbocycles. The summed E-state index contributed by atoms with van der Waals surface area (Å²) in [6, 6.07) is 5.81. The number of ether oxygens (including phenoxy) is 1. The van der Waals surface area contributed by atoms with Crippen molar-refractivity contribution >= 4 is 5.78 Å². The molecule has 20 heavy (non-hydrogen) atoms. The zero-order valence-corrected chi connectivity index (χ0v) is 11.5. The SMILES string of the molecule is COc1ccc(C)cc1C(=O)c1cn(C2CNC2)nn1. The molecule has 2 aromatic rings. The monoisotopic (exact) mass is 272 g/mol. The van der Waals surface area contributed by atoms with E-state index in [1.165, 1.54) is 0 Å². The molecular weight excluding hydrogens is 256 g/mol. The number of nitrogens with one attached hydrogen (secondary N) is 1. The van der Waals surface area contributed by atoms with E-state index in [2.05, 4.69) is 15.6 Å². The fraction of sp³-hybridized carbons (Fsp3) is 0.357. The molecule has 0 unspecified atom stereocenters. The van der Waals surface area contributed by atoms with Gasteiger partial charge < -0.3 is 10.1 Å². The molecule has 1 saturated heterocycles. The number of hydrogen-bond acceptors (Lipinski definition) is 5. The van der Waals surface area contributed by atoms with E-state index in [9.17, 15) is 4.79 Å². The van der Waals surface area contributed by atoms with Crippen LogP contribution in [-0.4, -0.2) is 41.0 Å². The van der Waals surface area contributed by atoms with Crippen LogP contribution >= 0.6 is 0 Å². The molecule has 1 aromatic heterocycles. The van der Waals surface area contributed by atoms with Crippen molar-refractivity contribution in [2.45, 2.75) is 13.0 Å². The standard InChI is InChI=1S/C14H16N4O2/c1-9-3-4-13(20-2)11(5-9)14(19)12-8-18(17-16-12)10-6-15-7-10/h3-5,8,10,15H,6-7H2,1-2H3. The Balaban J connectivity index is 1.91. The predicted octanol–water partition coefficient (Wildman–Crippen LogP) is 0.970. The Labute approximate surface area is 116 Å². The van der Waals surface area contributed by atoms with E-state index in [0.717, 1.165) is 18.7 Å². The van der Waals surface area contributed by atoms with Crippen LogP contribution in [0, 0.1) is 6.92 Å². The zero-order valence-electron chi connectivity index (χ0n) is 11.5. The van der Waals surface area contributed by atoms with E-state index in [4.69, 9.17) is 4.74 Å². The number of carbonyl (C=O) groups is 1. The number of rotatable bonds is 4. The first-order valence-electron chi connectivity index (χ1n) is 6.51. The molecule has 1 fully saturated rings. The van der Waals surface area contributed by atoms with Crippen molar-refractivity contribution in [3.05, 3.63) is 41.2 Å². The number of carbonyl (C=O) groups excluding carboxylic acids is 1. The van der Waals surface area contributed by atoms with Gasteiger partial charge in [0.1, 0.15) is 5.75 Å². The van der Waals surface area contributed by atoms with Crippen LogP contribution in [0.2, 0.25) is 0 Å². The summed E-state index contributed by atoms with van der Waals surface area (Å²) < 4.78 is 6.99. The van der Waals surface area contributed by atoms with Gasteiger partial charge in [-0.05, 0) is 19.1 Å². The topological polar surface area (TPSA) is 69.0 Å². The second-order valence-corrected chi connectivity index (χ2v) is 4.93. The second-order valence-electron chi connectivity index (χ2n) is 4.93. The van der Waals surface area contributed by atoms with Crippen LogP contribution < -0.4 is 10.1 Å². The molecular formula is C14H16N4O2. The van der Waals surface area contributed by atoms with Crippen molar-refractivity contribution in [1.29, 1.82) is 0 Å². The molecule has 1 aromatic carbocycles. The molecule has 3 rings (SSSR count). The van der Waals surface area contributed by atoms with Gasteiger partial charge in [0.25, 0.3) is 0 Å². The van der Waals surface area contributed by atoms with Crippen LogP contribution in [0.1, 0.15) is 27.7 Å². The molecule has 2 heterocycles. The van der Waals surface area contributed by atoms with Gasteiger partial charge in [-0.25, -0.2) is 4.68 Å². The first kappa shape index (κ1) is 12.8. The maximum absolute atomic E-state index is 12.5. The van der Waals surface area contributed by atoms with Gasteiger partial charge in [-0.15, -0.1) is 5.10 Å². The molecule has 1 aliphatic rings. The van der Waals surface area contributed by atoms with Gasteiger partial charge in [0, 0.05) is 13.1 Å². The molecule has 0 spiro atoms. The Hall–Kier alpha value is -2.21. The zero-order chi connectivity index (χ0) is 14.1. The highest BCUT2D eigenvalue weighted by Gasteiger charge is 2.23. The van der Waals surface area contributed by atoms with Crippen LogP contribution in [0.25, 0.3) is 0 Å². The molecule has 0 saturated carbocycles. The normalized spacial score (nSPS) is 14.9. The summed E-state index contributed by atoms with van der Waals surface area (Å²) in [5.74, 6) is 0.393. The molecule has 1 N–H and O–H groups in total. The summed E-state index contributed by atoms with van der Waals surface area (Å²) >= 11 is 0. The lowest BCUT2D eigenvalue weighted by molar-refractivity contribution is 0.103. The Morgan fingerprint density at radius 1 is 1.45 bits per heavy atom. The van der Waals surface area contributed by atoms with Gasteiger partial charge in [0.05, 0.1) is 24.9 Å². The van der Waals surface area contributed by atoms with E-state index in [1.54, 1.807) is 24.1 Å². The van der Waals surface area contributed by atoms with E-state index < -0.39 is 0 Å². The Bertz CT molecular complexity index is 646. The van der Waals surface area contributed by atoms with Crippen LogP contribution in [0.3, 0.4) is 0 Å². The predicted molar refractivity (Wildman–Crippen MR) is 73.1 cm³/mol. The number of benzene rings is 1. The van der Waals surface area contributed by atoms with Crippen molar-refractivity contribution < 1.29 is 9.53 Å². The minimum Gasteiger partial charge on any atom is -0.496 e. The molecule has 6 heteroatoms. The average molecular weight is 272 g/mol. The smallest absolute Gasteiger partial charge is 0.218 e. The summed E-state index contributed by atoms with van der Waals surface area (Å²) in [5.41, 5.74) is 1.87. The van der Waals surface area contributed by atoms with E-state index >= 15 is 0 Å². The van der Waals surface area contributed by atoms with Crippen LogP contribution in [0.15, 0.2) is 24.4 Å². The van der Waals surface area contributed by atoms with Crippen LogP contribution in [0.4, 0.5) is 0 Å². The maximum Gasteiger partial charge on any atom is 0.218 e. The van der Waals surface area contributed by atoms with Crippen molar-refractivity contribution in [3.63, 3.8) is 0 Å². The molecule has 0 radical (unpaired) electrons. The van der Waals surface area contributed by atoms with Crippen LogP contribution in [-0.2, 0) is 0 Å². The van der Waals surface area contributed by atoms with Crippen molar-refractivity contribution in [2.24, 2.45) is 0 Å². The van der Waals surface area contributed by atoms with E-state index in [0.29, 0.717) is 23.0 Å². The first-order chi connectivity index (χ1) is 9.69. The Kier molecular flexibility index (Phi) is 3.23. The van der Waals surface area contributed by atoms with Gasteiger partial charge in [-0.1, -0.05) is 16.8 Å². The highest BCUT2D eigenvalue weighted by molar-refractivity contribution is 6.09. The van der Waals surface area contributed by atoms with Crippen molar-refractivity contribution in [3.8, 4) is 5.75 Å². The highest BCUT2D eigenvalue weighted by atomic mass is 16.5. The fourth-order valence-corrected chi connectivity index (χ4v) is 2.16. The third kappa shape index (κ3) is 2.18.